The number of alkyl halides is 3. The van der Waals surface area contributed by atoms with Crippen molar-refractivity contribution in [3.8, 4) is 11.8 Å². The van der Waals surface area contributed by atoms with Crippen molar-refractivity contribution in [3.63, 3.8) is 0 Å². The normalized spacial score (nSPS) is 10.8. The van der Waals surface area contributed by atoms with E-state index in [1.807, 2.05) is 0 Å². The van der Waals surface area contributed by atoms with Crippen LogP contribution in [0.3, 0.4) is 0 Å². The van der Waals surface area contributed by atoms with E-state index in [0.29, 0.717) is 0 Å². The number of nitrogens with zero attached hydrogens (tertiary/aromatic N) is 1. The quantitative estimate of drug-likeness (QED) is 0.564. The second-order valence-corrected chi connectivity index (χ2v) is 3.13. The number of ether oxygens (including phenoxy) is 1. The third-order valence-corrected chi connectivity index (χ3v) is 1.87. The van der Waals surface area contributed by atoms with Crippen molar-refractivity contribution >= 4 is 11.6 Å². The fourth-order valence-electron chi connectivity index (χ4n) is 0.889. The molecule has 1 heterocycles. The Balaban J connectivity index is 2.98. The van der Waals surface area contributed by atoms with Gasteiger partial charge in [0.2, 0.25) is 0 Å². The summed E-state index contributed by atoms with van der Waals surface area (Å²) in [5.74, 6) is 5.13. The molecule has 1 rings (SSSR count). The average molecular weight is 250 g/mol. The van der Waals surface area contributed by atoms with Gasteiger partial charge < -0.3 is 4.74 Å². The number of rotatable bonds is 1. The lowest BCUT2D eigenvalue weighted by Gasteiger charge is -2.05. The molecule has 0 aliphatic heterocycles. The molecule has 0 aliphatic rings. The van der Waals surface area contributed by atoms with Gasteiger partial charge in [-0.25, -0.2) is 4.98 Å². The molecule has 0 bridgehead atoms. The van der Waals surface area contributed by atoms with Crippen LogP contribution in [0.2, 0.25) is 5.15 Å². The number of hydrogen-bond acceptors (Lipinski definition) is 2. The maximum absolute atomic E-state index is 12.2. The molecule has 0 unspecified atom stereocenters. The first-order chi connectivity index (χ1) is 7.45. The first-order valence-electron chi connectivity index (χ1n) is 4.16. The lowest BCUT2D eigenvalue weighted by atomic mass is 10.2. The lowest BCUT2D eigenvalue weighted by molar-refractivity contribution is -0.141. The van der Waals surface area contributed by atoms with Crippen molar-refractivity contribution in [2.24, 2.45) is 0 Å². The average Bonchev–Trinajstić information content (AvgIpc) is 2.19. The minimum absolute atomic E-state index is 0.178. The summed E-state index contributed by atoms with van der Waals surface area (Å²) in [6.07, 6.45) is -4.50. The molecule has 0 aromatic carbocycles. The van der Waals surface area contributed by atoms with E-state index < -0.39 is 11.9 Å². The second-order valence-electron chi connectivity index (χ2n) is 2.77. The van der Waals surface area contributed by atoms with Gasteiger partial charge in [0.25, 0.3) is 0 Å². The monoisotopic (exact) mass is 249 g/mol. The Hall–Kier alpha value is -1.25. The number of methoxy groups -OCH3 is 1. The Bertz CT molecular complexity index is 434. The lowest BCUT2D eigenvalue weighted by Crippen LogP contribution is -2.08. The summed E-state index contributed by atoms with van der Waals surface area (Å²) in [6.45, 7) is 0.178. The molecule has 1 aromatic rings. The van der Waals surface area contributed by atoms with E-state index in [-0.39, 0.29) is 17.3 Å². The summed E-state index contributed by atoms with van der Waals surface area (Å²) in [5, 5.41) is -0.265. The van der Waals surface area contributed by atoms with Crippen LogP contribution in [0.15, 0.2) is 12.1 Å². The van der Waals surface area contributed by atoms with E-state index in [2.05, 4.69) is 21.6 Å². The molecule has 6 heteroatoms. The van der Waals surface area contributed by atoms with E-state index >= 15 is 0 Å². The Morgan fingerprint density at radius 3 is 2.62 bits per heavy atom. The molecule has 0 spiro atoms. The maximum Gasteiger partial charge on any atom is 0.433 e. The second kappa shape index (κ2) is 5.19. The summed E-state index contributed by atoms with van der Waals surface area (Å²) in [7, 11) is 1.46. The van der Waals surface area contributed by atoms with Crippen molar-refractivity contribution in [3.05, 3.63) is 28.5 Å². The highest BCUT2D eigenvalue weighted by atomic mass is 35.5. The molecule has 0 fully saturated rings. The van der Waals surface area contributed by atoms with Gasteiger partial charge in [-0.3, -0.25) is 0 Å². The fraction of sp³-hybridized carbons (Fsp3) is 0.300. The summed E-state index contributed by atoms with van der Waals surface area (Å²) in [4.78, 5) is 3.22. The van der Waals surface area contributed by atoms with Gasteiger partial charge in [0.15, 0.2) is 0 Å². The number of aromatic nitrogens is 1. The van der Waals surface area contributed by atoms with Crippen LogP contribution in [-0.2, 0) is 10.9 Å². The Kier molecular flexibility index (Phi) is 4.16. The van der Waals surface area contributed by atoms with Crippen molar-refractivity contribution in [1.29, 1.82) is 0 Å². The molecule has 0 amide bonds. The van der Waals surface area contributed by atoms with Crippen LogP contribution >= 0.6 is 11.6 Å². The Morgan fingerprint density at radius 2 is 2.12 bits per heavy atom. The molecule has 0 saturated carbocycles. The van der Waals surface area contributed by atoms with E-state index in [9.17, 15) is 13.2 Å². The molecule has 0 aliphatic carbocycles. The predicted octanol–water partition coefficient (Wildman–Crippen LogP) is 2.75. The highest BCUT2D eigenvalue weighted by Crippen LogP contribution is 2.29. The molecular formula is C10H7ClF3NO. The molecule has 0 atom stereocenters. The minimum atomic E-state index is -4.50. The van der Waals surface area contributed by atoms with Gasteiger partial charge in [-0.2, -0.15) is 13.2 Å². The van der Waals surface area contributed by atoms with Gasteiger partial charge in [-0.05, 0) is 12.1 Å². The zero-order chi connectivity index (χ0) is 12.2. The van der Waals surface area contributed by atoms with Gasteiger partial charge in [0.1, 0.15) is 17.5 Å². The molecule has 0 N–H and O–H groups in total. The van der Waals surface area contributed by atoms with Crippen LogP contribution in [-0.4, -0.2) is 18.7 Å². The van der Waals surface area contributed by atoms with Crippen LogP contribution in [0.1, 0.15) is 11.3 Å². The SMILES string of the molecule is COCC#Cc1ccc(C(F)(F)F)nc1Cl. The van der Waals surface area contributed by atoms with Crippen molar-refractivity contribution in [1.82, 2.24) is 4.98 Å². The predicted molar refractivity (Wildman–Crippen MR) is 53.0 cm³/mol. The first kappa shape index (κ1) is 12.8. The fourth-order valence-corrected chi connectivity index (χ4v) is 1.09. The largest absolute Gasteiger partial charge is 0.433 e. The highest BCUT2D eigenvalue weighted by Gasteiger charge is 2.32. The van der Waals surface area contributed by atoms with Crippen molar-refractivity contribution in [2.45, 2.75) is 6.18 Å². The highest BCUT2D eigenvalue weighted by molar-refractivity contribution is 6.30. The zero-order valence-corrected chi connectivity index (χ0v) is 8.99. The standard InChI is InChI=1S/C10H7ClF3NO/c1-16-6-2-3-7-4-5-8(10(12,13)14)15-9(7)11/h4-5H,6H2,1H3. The van der Waals surface area contributed by atoms with Crippen LogP contribution in [0, 0.1) is 11.8 Å². The topological polar surface area (TPSA) is 22.1 Å². The molecule has 16 heavy (non-hydrogen) atoms. The minimum Gasteiger partial charge on any atom is -0.372 e. The summed E-state index contributed by atoms with van der Waals surface area (Å²) >= 11 is 5.56. The van der Waals surface area contributed by atoms with Gasteiger partial charge in [-0.15, -0.1) is 0 Å². The maximum atomic E-state index is 12.2. The van der Waals surface area contributed by atoms with Gasteiger partial charge in [-0.1, -0.05) is 23.4 Å². The third-order valence-electron chi connectivity index (χ3n) is 1.58. The molecule has 86 valence electrons. The molecule has 1 aromatic heterocycles. The summed E-state index contributed by atoms with van der Waals surface area (Å²) < 4.78 is 41.4. The van der Waals surface area contributed by atoms with Gasteiger partial charge >= 0.3 is 6.18 Å². The Morgan fingerprint density at radius 1 is 1.44 bits per heavy atom. The van der Waals surface area contributed by atoms with Crippen LogP contribution in [0.25, 0.3) is 0 Å². The molecule has 0 saturated heterocycles. The van der Waals surface area contributed by atoms with Crippen molar-refractivity contribution in [2.75, 3.05) is 13.7 Å². The van der Waals surface area contributed by atoms with Gasteiger partial charge in [0.05, 0.1) is 5.56 Å². The third kappa shape index (κ3) is 3.40. The first-order valence-corrected chi connectivity index (χ1v) is 4.54. The van der Waals surface area contributed by atoms with E-state index in [0.717, 1.165) is 6.07 Å². The van der Waals surface area contributed by atoms with Crippen LogP contribution < -0.4 is 0 Å². The molecular weight excluding hydrogens is 243 g/mol. The van der Waals surface area contributed by atoms with E-state index in [1.165, 1.54) is 13.2 Å². The zero-order valence-electron chi connectivity index (χ0n) is 8.23. The van der Waals surface area contributed by atoms with E-state index in [1.54, 1.807) is 0 Å². The van der Waals surface area contributed by atoms with Crippen molar-refractivity contribution < 1.29 is 17.9 Å². The van der Waals surface area contributed by atoms with Crippen LogP contribution in [0.4, 0.5) is 13.2 Å². The smallest absolute Gasteiger partial charge is 0.372 e. The van der Waals surface area contributed by atoms with Crippen LogP contribution in [0.5, 0.6) is 0 Å². The summed E-state index contributed by atoms with van der Waals surface area (Å²) in [5.41, 5.74) is -0.790. The molecule has 2 nitrogen and oxygen atoms in total. The molecule has 0 radical (unpaired) electrons. The number of halogens is 4. The van der Waals surface area contributed by atoms with Gasteiger partial charge in [0, 0.05) is 7.11 Å². The summed E-state index contributed by atoms with van der Waals surface area (Å²) in [6, 6.07) is 2.02. The van der Waals surface area contributed by atoms with E-state index in [4.69, 9.17) is 11.6 Å². The number of hydrogen-bond donors (Lipinski definition) is 0. The Labute approximate surface area is 95.4 Å². The number of pyridine rings is 1.